The van der Waals surface area contributed by atoms with Crippen LogP contribution in [0, 0.1) is 5.92 Å². The first-order valence-corrected chi connectivity index (χ1v) is 10.6. The van der Waals surface area contributed by atoms with Gasteiger partial charge in [-0.05, 0) is 38.0 Å². The molecule has 2 N–H and O–H groups in total. The van der Waals surface area contributed by atoms with Crippen molar-refractivity contribution < 1.29 is 4.79 Å². The molecule has 0 heterocycles. The highest BCUT2D eigenvalue weighted by molar-refractivity contribution is 5.73. The summed E-state index contributed by atoms with van der Waals surface area (Å²) in [6.45, 7) is 4.65. The van der Waals surface area contributed by atoms with Crippen LogP contribution in [-0.2, 0) is 4.79 Å². The molecule has 0 atom stereocenters. The molecule has 0 unspecified atom stereocenters. The number of primary amides is 1. The Morgan fingerprint density at radius 1 is 0.750 bits per heavy atom. The maximum Gasteiger partial charge on any atom is 0.217 e. The zero-order valence-electron chi connectivity index (χ0n) is 16.5. The number of nitrogens with two attached hydrogens (primary N) is 1. The van der Waals surface area contributed by atoms with E-state index < -0.39 is 0 Å². The lowest BCUT2D eigenvalue weighted by atomic mass is 9.96. The molecule has 0 aliphatic rings. The number of hydrogen-bond donors (Lipinski definition) is 1. The van der Waals surface area contributed by atoms with Crippen molar-refractivity contribution in [2.75, 3.05) is 0 Å². The molecule has 2 nitrogen and oxygen atoms in total. The number of carbonyl (C=O) groups is 1. The molecule has 0 saturated carbocycles. The molecule has 0 fully saturated rings. The smallest absolute Gasteiger partial charge is 0.217 e. The highest BCUT2D eigenvalue weighted by Gasteiger charge is 2.02. The maximum absolute atomic E-state index is 10.6. The Morgan fingerprint density at radius 3 is 1.71 bits per heavy atom. The van der Waals surface area contributed by atoms with Crippen molar-refractivity contribution in [1.82, 2.24) is 0 Å². The average Bonchev–Trinajstić information content (AvgIpc) is 2.57. The van der Waals surface area contributed by atoms with Crippen molar-refractivity contribution in [3.8, 4) is 0 Å². The fourth-order valence-electron chi connectivity index (χ4n) is 3.25. The minimum atomic E-state index is -0.163. The van der Waals surface area contributed by atoms with E-state index in [9.17, 15) is 4.79 Å². The van der Waals surface area contributed by atoms with E-state index in [4.69, 9.17) is 5.73 Å². The molecular formula is C22H43NO. The van der Waals surface area contributed by atoms with E-state index in [1.165, 1.54) is 83.5 Å². The van der Waals surface area contributed by atoms with Gasteiger partial charge in [0.05, 0.1) is 0 Å². The molecule has 0 aliphatic heterocycles. The van der Waals surface area contributed by atoms with Gasteiger partial charge >= 0.3 is 0 Å². The van der Waals surface area contributed by atoms with Gasteiger partial charge in [0.1, 0.15) is 0 Å². The van der Waals surface area contributed by atoms with Crippen LogP contribution in [0.2, 0.25) is 0 Å². The molecule has 0 aromatic rings. The van der Waals surface area contributed by atoms with Crippen molar-refractivity contribution >= 4 is 5.91 Å². The molecule has 0 aliphatic carbocycles. The second kappa shape index (κ2) is 18.5. The molecule has 24 heavy (non-hydrogen) atoms. The van der Waals surface area contributed by atoms with Gasteiger partial charge in [-0.2, -0.15) is 0 Å². The van der Waals surface area contributed by atoms with E-state index in [2.05, 4.69) is 26.0 Å². The molecule has 0 rings (SSSR count). The van der Waals surface area contributed by atoms with Crippen molar-refractivity contribution in [2.45, 2.75) is 117 Å². The average molecular weight is 338 g/mol. The SMILES string of the molecule is CCC(CC)CCCCCCC/C=C\CCCCCCCC(N)=O. The Hall–Kier alpha value is -0.790. The van der Waals surface area contributed by atoms with Crippen LogP contribution in [0.4, 0.5) is 0 Å². The Bertz CT molecular complexity index is 294. The van der Waals surface area contributed by atoms with Crippen LogP contribution in [0.15, 0.2) is 12.2 Å². The minimum absolute atomic E-state index is 0.163. The van der Waals surface area contributed by atoms with Gasteiger partial charge in [0.2, 0.25) is 5.91 Å². The van der Waals surface area contributed by atoms with E-state index in [1.54, 1.807) is 0 Å². The first-order valence-electron chi connectivity index (χ1n) is 10.6. The number of amides is 1. The summed E-state index contributed by atoms with van der Waals surface area (Å²) in [6, 6.07) is 0. The molecule has 1 amide bonds. The van der Waals surface area contributed by atoms with Crippen molar-refractivity contribution in [3.05, 3.63) is 12.2 Å². The van der Waals surface area contributed by atoms with Gasteiger partial charge in [-0.15, -0.1) is 0 Å². The number of hydrogen-bond acceptors (Lipinski definition) is 1. The largest absolute Gasteiger partial charge is 0.370 e. The molecule has 2 heteroatoms. The van der Waals surface area contributed by atoms with E-state index in [0.29, 0.717) is 6.42 Å². The number of unbranched alkanes of at least 4 members (excludes halogenated alkanes) is 10. The number of carbonyl (C=O) groups excluding carboxylic acids is 1. The summed E-state index contributed by atoms with van der Waals surface area (Å²) in [5.74, 6) is 0.806. The third-order valence-corrected chi connectivity index (χ3v) is 5.10. The summed E-state index contributed by atoms with van der Waals surface area (Å²) >= 11 is 0. The van der Waals surface area contributed by atoms with Crippen molar-refractivity contribution in [3.63, 3.8) is 0 Å². The quantitative estimate of drug-likeness (QED) is 0.214. The van der Waals surface area contributed by atoms with Gasteiger partial charge in [-0.1, -0.05) is 90.2 Å². The standard InChI is InChI=1S/C22H43NO/c1-3-21(4-2)19-17-15-13-11-9-7-5-6-8-10-12-14-16-18-20-22(23)24/h5-6,21H,3-4,7-20H2,1-2H3,(H2,23,24)/b6-5-. The third kappa shape index (κ3) is 17.6. The highest BCUT2D eigenvalue weighted by Crippen LogP contribution is 2.17. The summed E-state index contributed by atoms with van der Waals surface area (Å²) < 4.78 is 0. The first kappa shape index (κ1) is 23.2. The summed E-state index contributed by atoms with van der Waals surface area (Å²) in [7, 11) is 0. The zero-order valence-corrected chi connectivity index (χ0v) is 16.5. The van der Waals surface area contributed by atoms with Crippen LogP contribution in [-0.4, -0.2) is 5.91 Å². The summed E-state index contributed by atoms with van der Waals surface area (Å²) in [6.07, 6.45) is 24.8. The lowest BCUT2D eigenvalue weighted by Gasteiger charge is -2.11. The van der Waals surface area contributed by atoms with Crippen LogP contribution in [0.5, 0.6) is 0 Å². The molecule has 0 aromatic heterocycles. The van der Waals surface area contributed by atoms with E-state index in [0.717, 1.165) is 18.8 Å². The highest BCUT2D eigenvalue weighted by atomic mass is 16.1. The molecule has 0 aromatic carbocycles. The fourth-order valence-corrected chi connectivity index (χ4v) is 3.25. The van der Waals surface area contributed by atoms with Gasteiger partial charge in [-0.3, -0.25) is 4.79 Å². The predicted octanol–water partition coefficient (Wildman–Crippen LogP) is 6.93. The predicted molar refractivity (Wildman–Crippen MR) is 107 cm³/mol. The Balaban J connectivity index is 3.17. The lowest BCUT2D eigenvalue weighted by Crippen LogP contribution is -2.09. The number of allylic oxidation sites excluding steroid dienone is 2. The summed E-state index contributed by atoms with van der Waals surface area (Å²) in [5, 5.41) is 0. The van der Waals surface area contributed by atoms with E-state index >= 15 is 0 Å². The second-order valence-corrected chi connectivity index (χ2v) is 7.27. The first-order chi connectivity index (χ1) is 11.7. The van der Waals surface area contributed by atoms with E-state index in [-0.39, 0.29) is 5.91 Å². The van der Waals surface area contributed by atoms with Gasteiger partial charge < -0.3 is 5.73 Å². The van der Waals surface area contributed by atoms with Crippen molar-refractivity contribution in [1.29, 1.82) is 0 Å². The topological polar surface area (TPSA) is 43.1 Å². The zero-order chi connectivity index (χ0) is 17.9. The maximum atomic E-state index is 10.6. The normalized spacial score (nSPS) is 11.6. The summed E-state index contributed by atoms with van der Waals surface area (Å²) in [5.41, 5.74) is 5.12. The monoisotopic (exact) mass is 337 g/mol. The number of rotatable bonds is 18. The van der Waals surface area contributed by atoms with Crippen LogP contribution >= 0.6 is 0 Å². The fraction of sp³-hybridized carbons (Fsp3) is 0.864. The Kier molecular flexibility index (Phi) is 17.9. The van der Waals surface area contributed by atoms with E-state index in [1.807, 2.05) is 0 Å². The van der Waals surface area contributed by atoms with Crippen LogP contribution in [0.3, 0.4) is 0 Å². The second-order valence-electron chi connectivity index (χ2n) is 7.27. The van der Waals surface area contributed by atoms with Crippen molar-refractivity contribution in [2.24, 2.45) is 11.7 Å². The van der Waals surface area contributed by atoms with Crippen LogP contribution in [0.1, 0.15) is 117 Å². The Morgan fingerprint density at radius 2 is 1.21 bits per heavy atom. The summed E-state index contributed by atoms with van der Waals surface area (Å²) in [4.78, 5) is 10.6. The van der Waals surface area contributed by atoms with Gasteiger partial charge in [0.15, 0.2) is 0 Å². The third-order valence-electron chi connectivity index (χ3n) is 5.10. The van der Waals surface area contributed by atoms with Gasteiger partial charge in [0, 0.05) is 6.42 Å². The molecule has 142 valence electrons. The lowest BCUT2D eigenvalue weighted by molar-refractivity contribution is -0.118. The van der Waals surface area contributed by atoms with Crippen LogP contribution < -0.4 is 5.73 Å². The molecule has 0 spiro atoms. The molecule has 0 radical (unpaired) electrons. The van der Waals surface area contributed by atoms with Crippen LogP contribution in [0.25, 0.3) is 0 Å². The molecule has 0 saturated heterocycles. The molecular weight excluding hydrogens is 294 g/mol. The Labute approximate surface area is 151 Å². The van der Waals surface area contributed by atoms with Gasteiger partial charge in [-0.25, -0.2) is 0 Å². The molecule has 0 bridgehead atoms. The van der Waals surface area contributed by atoms with Gasteiger partial charge in [0.25, 0.3) is 0 Å². The minimum Gasteiger partial charge on any atom is -0.370 e.